The van der Waals surface area contributed by atoms with Gasteiger partial charge in [0.05, 0.1) is 17.7 Å². The van der Waals surface area contributed by atoms with Crippen LogP contribution in [0.2, 0.25) is 0 Å². The third kappa shape index (κ3) is 6.07. The molecule has 0 fully saturated rings. The summed E-state index contributed by atoms with van der Waals surface area (Å²) >= 11 is 0. The minimum absolute atomic E-state index is 0.259. The molecule has 0 aliphatic heterocycles. The van der Waals surface area contributed by atoms with Crippen molar-refractivity contribution in [2.24, 2.45) is 0 Å². The molecule has 0 saturated carbocycles. The average Bonchev–Trinajstić information content (AvgIpc) is 2.65. The maximum atomic E-state index is 12.2. The molecule has 0 N–H and O–H groups in total. The normalized spacial score (nSPS) is 10.3. The third-order valence-electron chi connectivity index (χ3n) is 3.86. The van der Waals surface area contributed by atoms with Crippen molar-refractivity contribution in [1.29, 1.82) is 0 Å². The first kappa shape index (κ1) is 18.7. The van der Waals surface area contributed by atoms with Gasteiger partial charge in [0.25, 0.3) is 0 Å². The number of ether oxygens (including phenoxy) is 2. The van der Waals surface area contributed by atoms with E-state index in [-0.39, 0.29) is 5.75 Å². The van der Waals surface area contributed by atoms with Gasteiger partial charge in [-0.3, -0.25) is 4.79 Å². The van der Waals surface area contributed by atoms with Gasteiger partial charge in [0.15, 0.2) is 6.29 Å². The van der Waals surface area contributed by atoms with Crippen LogP contribution in [-0.2, 0) is 0 Å². The van der Waals surface area contributed by atoms with Crippen molar-refractivity contribution in [3.63, 3.8) is 0 Å². The predicted octanol–water partition coefficient (Wildman–Crippen LogP) is 5.07. The highest BCUT2D eigenvalue weighted by molar-refractivity contribution is 5.92. The van der Waals surface area contributed by atoms with Crippen LogP contribution in [0.4, 0.5) is 0 Å². The first-order valence-corrected chi connectivity index (χ1v) is 8.74. The van der Waals surface area contributed by atoms with E-state index in [4.69, 9.17) is 9.47 Å². The van der Waals surface area contributed by atoms with Crippen LogP contribution in [0.5, 0.6) is 11.5 Å². The van der Waals surface area contributed by atoms with Crippen molar-refractivity contribution < 1.29 is 19.1 Å². The van der Waals surface area contributed by atoms with Crippen LogP contribution in [0, 0.1) is 0 Å². The van der Waals surface area contributed by atoms with E-state index < -0.39 is 5.97 Å². The number of esters is 1. The van der Waals surface area contributed by atoms with Gasteiger partial charge >= 0.3 is 5.97 Å². The molecule has 0 spiro atoms. The van der Waals surface area contributed by atoms with E-state index in [0.717, 1.165) is 12.2 Å². The number of hydrogen-bond donors (Lipinski definition) is 0. The molecule has 0 unspecified atom stereocenters. The lowest BCUT2D eigenvalue weighted by Crippen LogP contribution is -2.09. The molecule has 2 aromatic carbocycles. The van der Waals surface area contributed by atoms with Gasteiger partial charge in [0.1, 0.15) is 11.5 Å². The topological polar surface area (TPSA) is 52.6 Å². The fourth-order valence-corrected chi connectivity index (χ4v) is 2.41. The molecule has 0 amide bonds. The maximum Gasteiger partial charge on any atom is 0.343 e. The van der Waals surface area contributed by atoms with Crippen molar-refractivity contribution in [3.05, 3.63) is 59.7 Å². The molecule has 0 radical (unpaired) electrons. The maximum absolute atomic E-state index is 12.2. The zero-order chi connectivity index (χ0) is 17.9. The zero-order valence-electron chi connectivity index (χ0n) is 14.6. The van der Waals surface area contributed by atoms with Crippen LogP contribution >= 0.6 is 0 Å². The second kappa shape index (κ2) is 10.3. The lowest BCUT2D eigenvalue weighted by molar-refractivity contribution is 0.0733. The van der Waals surface area contributed by atoms with Gasteiger partial charge in [0, 0.05) is 0 Å². The predicted molar refractivity (Wildman–Crippen MR) is 97.5 cm³/mol. The summed E-state index contributed by atoms with van der Waals surface area (Å²) in [4.78, 5) is 23.1. The number of aldehydes is 1. The number of carbonyl (C=O) groups is 2. The SMILES string of the molecule is CCCCCCCOc1ccc(C(=O)Oc2ccccc2C=O)cc1. The summed E-state index contributed by atoms with van der Waals surface area (Å²) in [6.07, 6.45) is 6.62. The molecule has 0 aliphatic rings. The summed E-state index contributed by atoms with van der Waals surface area (Å²) in [5.41, 5.74) is 0.759. The molecule has 0 saturated heterocycles. The van der Waals surface area contributed by atoms with Gasteiger partial charge in [0.2, 0.25) is 0 Å². The molecule has 132 valence electrons. The van der Waals surface area contributed by atoms with Gasteiger partial charge in [-0.05, 0) is 42.8 Å². The minimum Gasteiger partial charge on any atom is -0.494 e. The molecule has 0 atom stereocenters. The van der Waals surface area contributed by atoms with E-state index in [1.165, 1.54) is 25.7 Å². The first-order chi connectivity index (χ1) is 12.2. The molecule has 4 heteroatoms. The van der Waals surface area contributed by atoms with Crippen molar-refractivity contribution >= 4 is 12.3 Å². The lowest BCUT2D eigenvalue weighted by atomic mass is 10.2. The summed E-state index contributed by atoms with van der Waals surface area (Å²) in [5, 5.41) is 0. The van der Waals surface area contributed by atoms with Gasteiger partial charge in [-0.25, -0.2) is 4.79 Å². The van der Waals surface area contributed by atoms with Gasteiger partial charge < -0.3 is 9.47 Å². The van der Waals surface area contributed by atoms with Crippen LogP contribution < -0.4 is 9.47 Å². The second-order valence-electron chi connectivity index (χ2n) is 5.83. The van der Waals surface area contributed by atoms with Gasteiger partial charge in [-0.1, -0.05) is 44.7 Å². The van der Waals surface area contributed by atoms with Crippen LogP contribution in [0.1, 0.15) is 59.7 Å². The largest absolute Gasteiger partial charge is 0.494 e. The molecule has 2 aromatic rings. The molecule has 0 bridgehead atoms. The zero-order valence-corrected chi connectivity index (χ0v) is 14.6. The monoisotopic (exact) mass is 340 g/mol. The second-order valence-corrected chi connectivity index (χ2v) is 5.83. The van der Waals surface area contributed by atoms with E-state index in [1.54, 1.807) is 48.5 Å². The summed E-state index contributed by atoms with van der Waals surface area (Å²) in [7, 11) is 0. The van der Waals surface area contributed by atoms with Crippen LogP contribution in [-0.4, -0.2) is 18.9 Å². The molecule has 0 aromatic heterocycles. The van der Waals surface area contributed by atoms with Crippen molar-refractivity contribution in [2.75, 3.05) is 6.61 Å². The Kier molecular flexibility index (Phi) is 7.70. The fraction of sp³-hybridized carbons (Fsp3) is 0.333. The third-order valence-corrected chi connectivity index (χ3v) is 3.86. The quantitative estimate of drug-likeness (QED) is 0.262. The first-order valence-electron chi connectivity index (χ1n) is 8.74. The highest BCUT2D eigenvalue weighted by atomic mass is 16.5. The Balaban J connectivity index is 1.84. The summed E-state index contributed by atoms with van der Waals surface area (Å²) in [6, 6.07) is 13.5. The molecular weight excluding hydrogens is 316 g/mol. The Labute approximate surface area is 148 Å². The van der Waals surface area contributed by atoms with Crippen molar-refractivity contribution in [2.45, 2.75) is 39.0 Å². The average molecular weight is 340 g/mol. The molecule has 0 heterocycles. The number of hydrogen-bond acceptors (Lipinski definition) is 4. The fourth-order valence-electron chi connectivity index (χ4n) is 2.41. The number of para-hydroxylation sites is 1. The molecule has 25 heavy (non-hydrogen) atoms. The van der Waals surface area contributed by atoms with E-state index >= 15 is 0 Å². The van der Waals surface area contributed by atoms with E-state index in [0.29, 0.717) is 24.0 Å². The summed E-state index contributed by atoms with van der Waals surface area (Å²) in [5.74, 6) is 0.496. The van der Waals surface area contributed by atoms with Gasteiger partial charge in [-0.2, -0.15) is 0 Å². The Hall–Kier alpha value is -2.62. The number of rotatable bonds is 10. The Morgan fingerprint density at radius 1 is 0.960 bits per heavy atom. The highest BCUT2D eigenvalue weighted by Gasteiger charge is 2.11. The minimum atomic E-state index is -0.500. The standard InChI is InChI=1S/C21H24O4/c1-2-3-4-5-8-15-24-19-13-11-17(12-14-19)21(23)25-20-10-7-6-9-18(20)16-22/h6-7,9-14,16H,2-5,8,15H2,1H3. The summed E-state index contributed by atoms with van der Waals surface area (Å²) in [6.45, 7) is 2.88. The Morgan fingerprint density at radius 3 is 2.40 bits per heavy atom. The molecular formula is C21H24O4. The summed E-state index contributed by atoms with van der Waals surface area (Å²) < 4.78 is 11.0. The van der Waals surface area contributed by atoms with Crippen LogP contribution in [0.3, 0.4) is 0 Å². The van der Waals surface area contributed by atoms with Crippen molar-refractivity contribution in [3.8, 4) is 11.5 Å². The Morgan fingerprint density at radius 2 is 1.68 bits per heavy atom. The van der Waals surface area contributed by atoms with Crippen LogP contribution in [0.25, 0.3) is 0 Å². The van der Waals surface area contributed by atoms with Gasteiger partial charge in [-0.15, -0.1) is 0 Å². The number of benzene rings is 2. The van der Waals surface area contributed by atoms with E-state index in [9.17, 15) is 9.59 Å². The molecule has 0 aliphatic carbocycles. The Bertz CT molecular complexity index is 677. The van der Waals surface area contributed by atoms with Crippen LogP contribution in [0.15, 0.2) is 48.5 Å². The highest BCUT2D eigenvalue weighted by Crippen LogP contribution is 2.19. The van der Waals surface area contributed by atoms with E-state index in [1.807, 2.05) is 0 Å². The molecule has 2 rings (SSSR count). The van der Waals surface area contributed by atoms with E-state index in [2.05, 4.69) is 6.92 Å². The number of carbonyl (C=O) groups excluding carboxylic acids is 2. The number of unbranched alkanes of at least 4 members (excludes halogenated alkanes) is 4. The molecule has 4 nitrogen and oxygen atoms in total. The lowest BCUT2D eigenvalue weighted by Gasteiger charge is -2.08. The smallest absolute Gasteiger partial charge is 0.343 e. The van der Waals surface area contributed by atoms with Crippen molar-refractivity contribution in [1.82, 2.24) is 0 Å².